The number of hydrogen-bond acceptors (Lipinski definition) is 5. The molecule has 2 atom stereocenters. The highest BCUT2D eigenvalue weighted by Crippen LogP contribution is 2.35. The molecular weight excluding hydrogens is 366 g/mol. The number of alkyl halides is 1. The second-order valence-corrected chi connectivity index (χ2v) is 6.97. The van der Waals surface area contributed by atoms with E-state index in [1.807, 2.05) is 0 Å². The number of aromatic nitrogens is 4. The molecule has 0 radical (unpaired) electrons. The number of ether oxygens (including phenoxy) is 1. The van der Waals surface area contributed by atoms with E-state index < -0.39 is 18.1 Å². The van der Waals surface area contributed by atoms with Crippen molar-refractivity contribution in [1.82, 2.24) is 20.0 Å². The van der Waals surface area contributed by atoms with Crippen molar-refractivity contribution in [2.45, 2.75) is 38.0 Å². The van der Waals surface area contributed by atoms with Crippen LogP contribution in [-0.2, 0) is 7.05 Å². The number of rotatable bonds is 4. The van der Waals surface area contributed by atoms with E-state index in [9.17, 15) is 13.9 Å². The van der Waals surface area contributed by atoms with Gasteiger partial charge in [0.05, 0.1) is 17.5 Å². The molecule has 0 unspecified atom stereocenters. The van der Waals surface area contributed by atoms with Crippen LogP contribution in [0.25, 0.3) is 22.4 Å². The first-order valence-corrected chi connectivity index (χ1v) is 9.17. The van der Waals surface area contributed by atoms with Gasteiger partial charge in [-0.1, -0.05) is 6.42 Å². The van der Waals surface area contributed by atoms with Gasteiger partial charge in [0.15, 0.2) is 0 Å². The van der Waals surface area contributed by atoms with Crippen molar-refractivity contribution in [2.24, 2.45) is 7.05 Å². The zero-order chi connectivity index (χ0) is 19.7. The first kappa shape index (κ1) is 18.3. The molecule has 0 amide bonds. The molecule has 1 aliphatic rings. The largest absolute Gasteiger partial charge is 0.507 e. The number of hydrogen-bond donors (Lipinski definition) is 1. The predicted molar refractivity (Wildman–Crippen MR) is 99.1 cm³/mol. The van der Waals surface area contributed by atoms with Crippen LogP contribution >= 0.6 is 0 Å². The summed E-state index contributed by atoms with van der Waals surface area (Å²) in [6, 6.07) is 5.78. The maximum Gasteiger partial charge on any atom is 0.233 e. The Morgan fingerprint density at radius 2 is 1.96 bits per heavy atom. The molecular formula is C20H20F2N4O2. The molecule has 4 rings (SSSR count). The molecule has 0 spiro atoms. The maximum absolute atomic E-state index is 14.7. The van der Waals surface area contributed by atoms with E-state index in [0.29, 0.717) is 24.0 Å². The van der Waals surface area contributed by atoms with Crippen molar-refractivity contribution < 1.29 is 18.6 Å². The van der Waals surface area contributed by atoms with Crippen molar-refractivity contribution in [3.8, 4) is 34.0 Å². The van der Waals surface area contributed by atoms with Crippen molar-refractivity contribution in [3.05, 3.63) is 42.5 Å². The van der Waals surface area contributed by atoms with E-state index in [-0.39, 0.29) is 22.9 Å². The van der Waals surface area contributed by atoms with E-state index in [2.05, 4.69) is 15.3 Å². The summed E-state index contributed by atoms with van der Waals surface area (Å²) < 4.78 is 35.8. The van der Waals surface area contributed by atoms with Gasteiger partial charge in [-0.05, 0) is 43.0 Å². The highest BCUT2D eigenvalue weighted by atomic mass is 19.1. The van der Waals surface area contributed by atoms with Crippen LogP contribution in [0, 0.1) is 5.82 Å². The molecule has 0 aliphatic heterocycles. The Morgan fingerprint density at radius 1 is 1.14 bits per heavy atom. The Hall–Kier alpha value is -3.03. The first-order valence-electron chi connectivity index (χ1n) is 9.17. The van der Waals surface area contributed by atoms with Gasteiger partial charge in [0.1, 0.15) is 23.8 Å². The van der Waals surface area contributed by atoms with Crippen molar-refractivity contribution >= 4 is 0 Å². The standard InChI is InChI=1S/C20H20F2N4O2/c1-26-11-13(10-23-26)12-8-15(22)20(17(27)9-12)16-6-7-19(25-24-16)28-18-5-3-2-4-14(18)21/h6-11,14,18,27H,2-5H2,1H3/t14-,18+/m0/s1. The van der Waals surface area contributed by atoms with Gasteiger partial charge in [0, 0.05) is 24.9 Å². The van der Waals surface area contributed by atoms with Crippen molar-refractivity contribution in [2.75, 3.05) is 0 Å². The van der Waals surface area contributed by atoms with Gasteiger partial charge in [-0.25, -0.2) is 8.78 Å². The number of phenols is 1. The molecule has 3 aromatic rings. The van der Waals surface area contributed by atoms with Crippen LogP contribution in [0.2, 0.25) is 0 Å². The van der Waals surface area contributed by atoms with Gasteiger partial charge in [-0.15, -0.1) is 10.2 Å². The molecule has 2 aromatic heterocycles. The van der Waals surface area contributed by atoms with Crippen LogP contribution in [0.5, 0.6) is 11.6 Å². The van der Waals surface area contributed by atoms with Gasteiger partial charge < -0.3 is 9.84 Å². The van der Waals surface area contributed by atoms with E-state index in [1.54, 1.807) is 24.1 Å². The summed E-state index contributed by atoms with van der Waals surface area (Å²) in [7, 11) is 1.76. The number of phenolic OH excluding ortho intramolecular Hbond substituents is 1. The summed E-state index contributed by atoms with van der Waals surface area (Å²) in [5.74, 6) is -0.693. The lowest BCUT2D eigenvalue weighted by Crippen LogP contribution is -2.32. The highest BCUT2D eigenvalue weighted by Gasteiger charge is 2.27. The minimum absolute atomic E-state index is 0.0484. The Bertz CT molecular complexity index is 952. The topological polar surface area (TPSA) is 73.1 Å². The molecule has 28 heavy (non-hydrogen) atoms. The van der Waals surface area contributed by atoms with Crippen LogP contribution in [-0.4, -0.2) is 37.4 Å². The van der Waals surface area contributed by atoms with Crippen molar-refractivity contribution in [3.63, 3.8) is 0 Å². The van der Waals surface area contributed by atoms with Gasteiger partial charge >= 0.3 is 0 Å². The fraction of sp³-hybridized carbons (Fsp3) is 0.350. The fourth-order valence-electron chi connectivity index (χ4n) is 3.44. The third-order valence-electron chi connectivity index (χ3n) is 4.90. The number of aromatic hydroxyl groups is 1. The second-order valence-electron chi connectivity index (χ2n) is 6.97. The van der Waals surface area contributed by atoms with Gasteiger partial charge in [0.25, 0.3) is 0 Å². The molecule has 1 N–H and O–H groups in total. The zero-order valence-corrected chi connectivity index (χ0v) is 15.3. The summed E-state index contributed by atoms with van der Waals surface area (Å²) in [6.45, 7) is 0. The van der Waals surface area contributed by atoms with Gasteiger partial charge in [0.2, 0.25) is 5.88 Å². The van der Waals surface area contributed by atoms with Gasteiger partial charge in [-0.2, -0.15) is 5.10 Å². The summed E-state index contributed by atoms with van der Waals surface area (Å²) >= 11 is 0. The fourth-order valence-corrected chi connectivity index (χ4v) is 3.44. The highest BCUT2D eigenvalue weighted by molar-refractivity contribution is 5.74. The first-order chi connectivity index (χ1) is 13.5. The third-order valence-corrected chi connectivity index (χ3v) is 4.90. The molecule has 146 valence electrons. The average molecular weight is 386 g/mol. The maximum atomic E-state index is 14.7. The Kier molecular flexibility index (Phi) is 4.93. The third kappa shape index (κ3) is 3.67. The van der Waals surface area contributed by atoms with Crippen LogP contribution in [0.4, 0.5) is 8.78 Å². The number of aryl methyl sites for hydroxylation is 1. The number of benzene rings is 1. The lowest BCUT2D eigenvalue weighted by Gasteiger charge is -2.25. The van der Waals surface area contributed by atoms with E-state index in [4.69, 9.17) is 4.74 Å². The monoisotopic (exact) mass is 386 g/mol. The Morgan fingerprint density at radius 3 is 2.61 bits per heavy atom. The molecule has 1 saturated carbocycles. The Balaban J connectivity index is 1.57. The summed E-state index contributed by atoms with van der Waals surface area (Å²) in [6.07, 6.45) is 4.66. The molecule has 2 heterocycles. The normalized spacial score (nSPS) is 19.5. The lowest BCUT2D eigenvalue weighted by atomic mass is 9.96. The van der Waals surface area contributed by atoms with E-state index in [0.717, 1.165) is 12.8 Å². The minimum atomic E-state index is -1.02. The summed E-state index contributed by atoms with van der Waals surface area (Å²) in [5, 5.41) is 22.3. The minimum Gasteiger partial charge on any atom is -0.507 e. The molecule has 1 fully saturated rings. The summed E-state index contributed by atoms with van der Waals surface area (Å²) in [5.41, 5.74) is 1.31. The van der Waals surface area contributed by atoms with Crippen LogP contribution in [0.1, 0.15) is 25.7 Å². The van der Waals surface area contributed by atoms with E-state index >= 15 is 0 Å². The van der Waals surface area contributed by atoms with Gasteiger partial charge in [-0.3, -0.25) is 4.68 Å². The molecule has 8 heteroatoms. The number of halogens is 2. The van der Waals surface area contributed by atoms with Crippen LogP contribution in [0.3, 0.4) is 0 Å². The summed E-state index contributed by atoms with van der Waals surface area (Å²) in [4.78, 5) is 0. The second kappa shape index (κ2) is 7.53. The molecule has 1 aromatic carbocycles. The SMILES string of the molecule is Cn1cc(-c2cc(O)c(-c3ccc(O[C@@H]4CCCC[C@@H]4F)nn3)c(F)c2)cn1. The number of nitrogens with zero attached hydrogens (tertiary/aromatic N) is 4. The zero-order valence-electron chi connectivity index (χ0n) is 15.3. The quantitative estimate of drug-likeness (QED) is 0.732. The molecule has 0 bridgehead atoms. The van der Waals surface area contributed by atoms with Crippen LogP contribution in [0.15, 0.2) is 36.7 Å². The smallest absolute Gasteiger partial charge is 0.233 e. The Labute approximate surface area is 160 Å². The molecule has 6 nitrogen and oxygen atoms in total. The average Bonchev–Trinajstić information content (AvgIpc) is 3.11. The molecule has 0 saturated heterocycles. The predicted octanol–water partition coefficient (Wildman–Crippen LogP) is 4.05. The molecule has 1 aliphatic carbocycles. The van der Waals surface area contributed by atoms with Crippen molar-refractivity contribution in [1.29, 1.82) is 0 Å². The van der Waals surface area contributed by atoms with Crippen LogP contribution < -0.4 is 4.74 Å². The lowest BCUT2D eigenvalue weighted by molar-refractivity contribution is 0.0594. The van der Waals surface area contributed by atoms with E-state index in [1.165, 1.54) is 24.3 Å².